The molecule has 0 amide bonds. The molecule has 1 N–H and O–H groups in total. The van der Waals surface area contributed by atoms with Gasteiger partial charge in [0.05, 0.1) is 11.1 Å². The van der Waals surface area contributed by atoms with Crippen molar-refractivity contribution in [2.45, 2.75) is 0 Å². The quantitative estimate of drug-likeness (QED) is 0.583. The van der Waals surface area contributed by atoms with Gasteiger partial charge in [-0.05, 0) is 24.3 Å². The van der Waals surface area contributed by atoms with Gasteiger partial charge in [-0.2, -0.15) is 0 Å². The number of nitrogens with zero attached hydrogens (tertiary/aromatic N) is 1. The second kappa shape index (κ2) is 5.38. The van der Waals surface area contributed by atoms with Crippen LogP contribution in [0.3, 0.4) is 0 Å². The molecule has 6 heteroatoms. The average molecular weight is 301 g/mol. The SMILES string of the molecule is O=C(Oc1cc(=O)[nH]c2ccccc12)c1ccc(Cl)nc1. The molecule has 3 rings (SSSR count). The van der Waals surface area contributed by atoms with E-state index in [-0.39, 0.29) is 22.0 Å². The molecule has 0 radical (unpaired) electrons. The molecule has 0 atom stereocenters. The third-order valence-corrected chi connectivity index (χ3v) is 3.10. The molecule has 0 aliphatic rings. The number of esters is 1. The van der Waals surface area contributed by atoms with Crippen molar-refractivity contribution < 1.29 is 9.53 Å². The highest BCUT2D eigenvalue weighted by Gasteiger charge is 2.12. The van der Waals surface area contributed by atoms with Gasteiger partial charge in [-0.25, -0.2) is 9.78 Å². The van der Waals surface area contributed by atoms with Gasteiger partial charge in [0.15, 0.2) is 0 Å². The van der Waals surface area contributed by atoms with Gasteiger partial charge < -0.3 is 9.72 Å². The summed E-state index contributed by atoms with van der Waals surface area (Å²) in [6.07, 6.45) is 1.32. The number of para-hydroxylation sites is 1. The van der Waals surface area contributed by atoms with Crippen molar-refractivity contribution in [1.29, 1.82) is 0 Å². The summed E-state index contributed by atoms with van der Waals surface area (Å²) in [5, 5.41) is 0.931. The van der Waals surface area contributed by atoms with Crippen molar-refractivity contribution in [3.63, 3.8) is 0 Å². The third kappa shape index (κ3) is 2.78. The summed E-state index contributed by atoms with van der Waals surface area (Å²) in [5.41, 5.74) is 0.511. The molecule has 3 aromatic rings. The first kappa shape index (κ1) is 13.3. The third-order valence-electron chi connectivity index (χ3n) is 2.88. The van der Waals surface area contributed by atoms with Crippen molar-refractivity contribution >= 4 is 28.5 Å². The molecule has 104 valence electrons. The zero-order valence-corrected chi connectivity index (χ0v) is 11.4. The topological polar surface area (TPSA) is 72.1 Å². The number of nitrogens with one attached hydrogen (secondary N) is 1. The van der Waals surface area contributed by atoms with Crippen molar-refractivity contribution in [2.75, 3.05) is 0 Å². The number of H-pyrrole nitrogens is 1. The Balaban J connectivity index is 2.00. The van der Waals surface area contributed by atoms with Crippen LogP contribution >= 0.6 is 11.6 Å². The van der Waals surface area contributed by atoms with E-state index < -0.39 is 5.97 Å². The molecule has 0 unspecified atom stereocenters. The van der Waals surface area contributed by atoms with E-state index in [4.69, 9.17) is 16.3 Å². The normalized spacial score (nSPS) is 10.5. The Morgan fingerprint density at radius 3 is 2.76 bits per heavy atom. The van der Waals surface area contributed by atoms with Crippen LogP contribution in [0.1, 0.15) is 10.4 Å². The van der Waals surface area contributed by atoms with Crippen LogP contribution in [0.25, 0.3) is 10.9 Å². The molecule has 2 heterocycles. The summed E-state index contributed by atoms with van der Waals surface area (Å²) in [7, 11) is 0. The summed E-state index contributed by atoms with van der Waals surface area (Å²) in [6.45, 7) is 0. The number of hydrogen-bond acceptors (Lipinski definition) is 4. The minimum atomic E-state index is -0.602. The van der Waals surface area contributed by atoms with Gasteiger partial charge in [0, 0.05) is 17.6 Å². The van der Waals surface area contributed by atoms with E-state index in [0.29, 0.717) is 10.9 Å². The predicted octanol–water partition coefficient (Wildman–Crippen LogP) is 2.80. The molecule has 21 heavy (non-hydrogen) atoms. The molecule has 0 fully saturated rings. The number of pyridine rings is 2. The van der Waals surface area contributed by atoms with Crippen molar-refractivity contribution in [2.24, 2.45) is 0 Å². The summed E-state index contributed by atoms with van der Waals surface area (Å²) in [6, 6.07) is 11.3. The van der Waals surface area contributed by atoms with Gasteiger partial charge >= 0.3 is 5.97 Å². The van der Waals surface area contributed by atoms with E-state index in [1.54, 1.807) is 24.3 Å². The molecular formula is C15H9ClN2O3. The molecule has 0 saturated carbocycles. The molecule has 2 aromatic heterocycles. The molecule has 0 spiro atoms. The van der Waals surface area contributed by atoms with Crippen molar-refractivity contribution in [1.82, 2.24) is 9.97 Å². The van der Waals surface area contributed by atoms with Crippen LogP contribution in [0.4, 0.5) is 0 Å². The predicted molar refractivity (Wildman–Crippen MR) is 78.8 cm³/mol. The van der Waals surface area contributed by atoms with Crippen LogP contribution in [0.5, 0.6) is 5.75 Å². The fourth-order valence-electron chi connectivity index (χ4n) is 1.91. The molecule has 1 aromatic carbocycles. The monoisotopic (exact) mass is 300 g/mol. The van der Waals surface area contributed by atoms with Gasteiger partial charge in [-0.3, -0.25) is 4.79 Å². The van der Waals surface area contributed by atoms with Crippen molar-refractivity contribution in [3.8, 4) is 5.75 Å². The van der Waals surface area contributed by atoms with Crippen LogP contribution in [0, 0.1) is 0 Å². The summed E-state index contributed by atoms with van der Waals surface area (Å²) in [4.78, 5) is 30.1. The van der Waals surface area contributed by atoms with Gasteiger partial charge in [0.25, 0.3) is 5.56 Å². The number of aromatic amines is 1. The van der Waals surface area contributed by atoms with Gasteiger partial charge in [-0.15, -0.1) is 0 Å². The maximum absolute atomic E-state index is 12.1. The minimum absolute atomic E-state index is 0.203. The van der Waals surface area contributed by atoms with Crippen LogP contribution in [-0.2, 0) is 0 Å². The fraction of sp³-hybridized carbons (Fsp3) is 0. The standard InChI is InChI=1S/C15H9ClN2O3/c16-13-6-5-9(8-17-13)15(20)21-12-7-14(19)18-11-4-2-1-3-10(11)12/h1-8H,(H,18,19). The Labute approximate surface area is 124 Å². The Morgan fingerprint density at radius 1 is 1.19 bits per heavy atom. The number of fused-ring (bicyclic) bond motifs is 1. The first-order valence-corrected chi connectivity index (χ1v) is 6.47. The molecule has 0 aliphatic carbocycles. The highest BCUT2D eigenvalue weighted by atomic mass is 35.5. The maximum atomic E-state index is 12.1. The van der Waals surface area contributed by atoms with E-state index in [1.165, 1.54) is 24.4 Å². The lowest BCUT2D eigenvalue weighted by Crippen LogP contribution is -2.12. The summed E-state index contributed by atoms with van der Waals surface area (Å²) >= 11 is 5.67. The Kier molecular flexibility index (Phi) is 3.41. The van der Waals surface area contributed by atoms with E-state index >= 15 is 0 Å². The Morgan fingerprint density at radius 2 is 2.00 bits per heavy atom. The number of hydrogen-bond donors (Lipinski definition) is 1. The Hall–Kier alpha value is -2.66. The lowest BCUT2D eigenvalue weighted by atomic mass is 10.2. The number of carbonyl (C=O) groups excluding carboxylic acids is 1. The van der Waals surface area contributed by atoms with E-state index in [1.807, 2.05) is 0 Å². The van der Waals surface area contributed by atoms with Gasteiger partial charge in [0.2, 0.25) is 0 Å². The van der Waals surface area contributed by atoms with Gasteiger partial charge in [0.1, 0.15) is 10.9 Å². The van der Waals surface area contributed by atoms with Crippen molar-refractivity contribution in [3.05, 3.63) is 69.7 Å². The zero-order chi connectivity index (χ0) is 14.8. The molecule has 5 nitrogen and oxygen atoms in total. The highest BCUT2D eigenvalue weighted by molar-refractivity contribution is 6.29. The Bertz CT molecular complexity index is 872. The van der Waals surface area contributed by atoms with Crippen LogP contribution in [-0.4, -0.2) is 15.9 Å². The van der Waals surface area contributed by atoms with Gasteiger partial charge in [-0.1, -0.05) is 23.7 Å². The molecule has 0 aliphatic heterocycles. The molecular weight excluding hydrogens is 292 g/mol. The summed E-state index contributed by atoms with van der Waals surface area (Å²) in [5.74, 6) is -0.399. The number of halogens is 1. The molecule has 0 bridgehead atoms. The highest BCUT2D eigenvalue weighted by Crippen LogP contribution is 2.22. The van der Waals surface area contributed by atoms with Crippen LogP contribution in [0.15, 0.2) is 53.5 Å². The van der Waals surface area contributed by atoms with Crippen LogP contribution < -0.4 is 10.3 Å². The number of rotatable bonds is 2. The first-order chi connectivity index (χ1) is 10.1. The summed E-state index contributed by atoms with van der Waals surface area (Å²) < 4.78 is 5.29. The number of carbonyl (C=O) groups is 1. The van der Waals surface area contributed by atoms with E-state index in [9.17, 15) is 9.59 Å². The average Bonchev–Trinajstić information content (AvgIpc) is 2.47. The lowest BCUT2D eigenvalue weighted by Gasteiger charge is -2.07. The van der Waals surface area contributed by atoms with E-state index in [2.05, 4.69) is 9.97 Å². The lowest BCUT2D eigenvalue weighted by molar-refractivity contribution is 0.0736. The first-order valence-electron chi connectivity index (χ1n) is 6.09. The van der Waals surface area contributed by atoms with E-state index in [0.717, 1.165) is 0 Å². The second-order valence-electron chi connectivity index (χ2n) is 4.30. The number of benzene rings is 1. The fourth-order valence-corrected chi connectivity index (χ4v) is 2.02. The largest absolute Gasteiger partial charge is 0.422 e. The smallest absolute Gasteiger partial charge is 0.345 e. The maximum Gasteiger partial charge on any atom is 0.345 e. The van der Waals surface area contributed by atoms with Crippen LogP contribution in [0.2, 0.25) is 5.15 Å². The zero-order valence-electron chi connectivity index (χ0n) is 10.7. The second-order valence-corrected chi connectivity index (χ2v) is 4.69. The number of aromatic nitrogens is 2. The molecule has 0 saturated heterocycles. The number of ether oxygens (including phenoxy) is 1. The minimum Gasteiger partial charge on any atom is -0.422 e.